The lowest BCUT2D eigenvalue weighted by Gasteiger charge is -2.32. The number of rotatable bonds is 6. The Morgan fingerprint density at radius 2 is 2.15 bits per heavy atom. The van der Waals surface area contributed by atoms with Gasteiger partial charge in [-0.05, 0) is 27.7 Å². The first kappa shape index (κ1) is 16.9. The molecule has 1 saturated heterocycles. The van der Waals surface area contributed by atoms with Gasteiger partial charge in [-0.25, -0.2) is 0 Å². The van der Waals surface area contributed by atoms with E-state index in [0.717, 1.165) is 19.6 Å². The number of hydrogen-bond acceptors (Lipinski definition) is 4. The van der Waals surface area contributed by atoms with E-state index >= 15 is 0 Å². The fourth-order valence-electron chi connectivity index (χ4n) is 2.36. The van der Waals surface area contributed by atoms with Crippen LogP contribution in [0.2, 0.25) is 0 Å². The van der Waals surface area contributed by atoms with Crippen molar-refractivity contribution in [3.63, 3.8) is 0 Å². The van der Waals surface area contributed by atoms with Crippen molar-refractivity contribution in [3.05, 3.63) is 0 Å². The minimum atomic E-state index is -0.0936. The van der Waals surface area contributed by atoms with Gasteiger partial charge in [-0.15, -0.1) is 0 Å². The van der Waals surface area contributed by atoms with Crippen LogP contribution in [0.25, 0.3) is 0 Å². The Bertz CT molecular complexity index is 333. The number of likely N-dealkylation sites (N-methyl/N-ethyl adjacent to an activating group) is 1. The summed E-state index contributed by atoms with van der Waals surface area (Å²) < 4.78 is 0. The molecule has 0 saturated carbocycles. The number of amides is 2. The number of piperazine rings is 1. The second-order valence-electron chi connectivity index (χ2n) is 5.72. The van der Waals surface area contributed by atoms with Crippen molar-refractivity contribution >= 4 is 11.8 Å². The molecule has 1 unspecified atom stereocenters. The number of carbonyl (C=O) groups is 2. The van der Waals surface area contributed by atoms with E-state index in [2.05, 4.69) is 22.5 Å². The van der Waals surface area contributed by atoms with E-state index < -0.39 is 0 Å². The predicted molar refractivity (Wildman–Crippen MR) is 79.4 cm³/mol. The van der Waals surface area contributed by atoms with Gasteiger partial charge in [0, 0.05) is 38.3 Å². The zero-order valence-corrected chi connectivity index (χ0v) is 13.1. The van der Waals surface area contributed by atoms with E-state index in [-0.39, 0.29) is 24.4 Å². The van der Waals surface area contributed by atoms with Gasteiger partial charge in [0.1, 0.15) is 0 Å². The SMILES string of the molecule is CCN(CC(=O)NC(C)C)C(=O)CN1CCNC(C)C1. The van der Waals surface area contributed by atoms with Crippen LogP contribution in [-0.4, -0.2) is 73.0 Å². The van der Waals surface area contributed by atoms with Gasteiger partial charge in [0.2, 0.25) is 11.8 Å². The molecule has 2 N–H and O–H groups in total. The second-order valence-corrected chi connectivity index (χ2v) is 5.72. The van der Waals surface area contributed by atoms with E-state index in [1.165, 1.54) is 0 Å². The van der Waals surface area contributed by atoms with Crippen molar-refractivity contribution in [1.82, 2.24) is 20.4 Å². The summed E-state index contributed by atoms with van der Waals surface area (Å²) >= 11 is 0. The van der Waals surface area contributed by atoms with E-state index in [0.29, 0.717) is 19.1 Å². The normalized spacial score (nSPS) is 19.9. The monoisotopic (exact) mass is 284 g/mol. The number of hydrogen-bond donors (Lipinski definition) is 2. The van der Waals surface area contributed by atoms with Crippen LogP contribution in [0, 0.1) is 0 Å². The third kappa shape index (κ3) is 5.88. The summed E-state index contributed by atoms with van der Waals surface area (Å²) in [6.07, 6.45) is 0. The molecule has 0 aromatic heterocycles. The molecule has 1 rings (SSSR count). The summed E-state index contributed by atoms with van der Waals surface area (Å²) in [6.45, 7) is 11.6. The molecule has 2 amide bonds. The van der Waals surface area contributed by atoms with Crippen LogP contribution < -0.4 is 10.6 Å². The standard InChI is InChI=1S/C14H28N4O2/c1-5-18(9-13(19)16-11(2)3)14(20)10-17-7-6-15-12(4)8-17/h11-12,15H,5-10H2,1-4H3,(H,16,19). The van der Waals surface area contributed by atoms with Gasteiger partial charge >= 0.3 is 0 Å². The Labute approximate surface area is 121 Å². The summed E-state index contributed by atoms with van der Waals surface area (Å²) in [4.78, 5) is 27.8. The molecule has 6 nitrogen and oxygen atoms in total. The highest BCUT2D eigenvalue weighted by atomic mass is 16.2. The van der Waals surface area contributed by atoms with Crippen LogP contribution >= 0.6 is 0 Å². The maximum atomic E-state index is 12.3. The lowest BCUT2D eigenvalue weighted by Crippen LogP contribution is -2.53. The van der Waals surface area contributed by atoms with Gasteiger partial charge in [-0.1, -0.05) is 0 Å². The summed E-state index contributed by atoms with van der Waals surface area (Å²) in [6, 6.07) is 0.515. The summed E-state index contributed by atoms with van der Waals surface area (Å²) in [7, 11) is 0. The Hall–Kier alpha value is -1.14. The average Bonchev–Trinajstić information content (AvgIpc) is 2.34. The van der Waals surface area contributed by atoms with E-state index in [9.17, 15) is 9.59 Å². The molecule has 0 aromatic carbocycles. The molecule has 0 radical (unpaired) electrons. The zero-order chi connectivity index (χ0) is 15.1. The van der Waals surface area contributed by atoms with Crippen LogP contribution in [0.1, 0.15) is 27.7 Å². The molecule has 1 fully saturated rings. The van der Waals surface area contributed by atoms with E-state index in [1.54, 1.807) is 4.90 Å². The first-order valence-corrected chi connectivity index (χ1v) is 7.45. The predicted octanol–water partition coefficient (Wildman–Crippen LogP) is -0.347. The molecule has 6 heteroatoms. The zero-order valence-electron chi connectivity index (χ0n) is 13.1. The minimum Gasteiger partial charge on any atom is -0.352 e. The van der Waals surface area contributed by atoms with Crippen molar-refractivity contribution < 1.29 is 9.59 Å². The Kier molecular flexibility index (Phi) is 6.95. The maximum Gasteiger partial charge on any atom is 0.239 e. The van der Waals surface area contributed by atoms with Crippen molar-refractivity contribution in [3.8, 4) is 0 Å². The molecule has 116 valence electrons. The molecular weight excluding hydrogens is 256 g/mol. The summed E-state index contributed by atoms with van der Waals surface area (Å²) in [5.41, 5.74) is 0. The second kappa shape index (κ2) is 8.21. The van der Waals surface area contributed by atoms with Crippen LogP contribution in [0.5, 0.6) is 0 Å². The van der Waals surface area contributed by atoms with Crippen molar-refractivity contribution in [2.45, 2.75) is 39.8 Å². The summed E-state index contributed by atoms with van der Waals surface area (Å²) in [5.74, 6) is -0.0654. The highest BCUT2D eigenvalue weighted by Gasteiger charge is 2.22. The van der Waals surface area contributed by atoms with E-state index in [1.807, 2.05) is 20.8 Å². The fraction of sp³-hybridized carbons (Fsp3) is 0.857. The molecule has 1 aliphatic heterocycles. The van der Waals surface area contributed by atoms with Gasteiger partial charge in [0.05, 0.1) is 13.1 Å². The number of carbonyl (C=O) groups excluding carboxylic acids is 2. The minimum absolute atomic E-state index is 0.0282. The Balaban J connectivity index is 2.43. The lowest BCUT2D eigenvalue weighted by atomic mass is 10.2. The molecule has 0 aromatic rings. The topological polar surface area (TPSA) is 64.7 Å². The van der Waals surface area contributed by atoms with Gasteiger partial charge in [-0.2, -0.15) is 0 Å². The van der Waals surface area contributed by atoms with Crippen LogP contribution in [-0.2, 0) is 9.59 Å². The van der Waals surface area contributed by atoms with Crippen LogP contribution in [0.3, 0.4) is 0 Å². The van der Waals surface area contributed by atoms with Crippen molar-refractivity contribution in [1.29, 1.82) is 0 Å². The summed E-state index contributed by atoms with van der Waals surface area (Å²) in [5, 5.41) is 6.17. The van der Waals surface area contributed by atoms with Gasteiger partial charge in [0.15, 0.2) is 0 Å². The highest BCUT2D eigenvalue weighted by molar-refractivity contribution is 5.85. The average molecular weight is 284 g/mol. The van der Waals surface area contributed by atoms with Gasteiger partial charge in [0.25, 0.3) is 0 Å². The van der Waals surface area contributed by atoms with Gasteiger partial charge in [-0.3, -0.25) is 14.5 Å². The van der Waals surface area contributed by atoms with Crippen molar-refractivity contribution in [2.24, 2.45) is 0 Å². The number of nitrogens with zero attached hydrogens (tertiary/aromatic N) is 2. The molecule has 0 aliphatic carbocycles. The Morgan fingerprint density at radius 1 is 1.45 bits per heavy atom. The maximum absolute atomic E-state index is 12.3. The lowest BCUT2D eigenvalue weighted by molar-refractivity contribution is -0.137. The third-order valence-electron chi connectivity index (χ3n) is 3.33. The molecule has 0 bridgehead atoms. The molecular formula is C14H28N4O2. The van der Waals surface area contributed by atoms with Crippen LogP contribution in [0.15, 0.2) is 0 Å². The molecule has 0 spiro atoms. The molecule has 20 heavy (non-hydrogen) atoms. The van der Waals surface area contributed by atoms with Crippen molar-refractivity contribution in [2.75, 3.05) is 39.3 Å². The van der Waals surface area contributed by atoms with Crippen LogP contribution in [0.4, 0.5) is 0 Å². The quantitative estimate of drug-likeness (QED) is 0.700. The third-order valence-corrected chi connectivity index (χ3v) is 3.33. The number of nitrogens with one attached hydrogen (secondary N) is 2. The molecule has 1 heterocycles. The van der Waals surface area contributed by atoms with E-state index in [4.69, 9.17) is 0 Å². The first-order valence-electron chi connectivity index (χ1n) is 7.45. The largest absolute Gasteiger partial charge is 0.352 e. The molecule has 1 atom stereocenters. The molecule has 1 aliphatic rings. The first-order chi connectivity index (χ1) is 9.42. The Morgan fingerprint density at radius 3 is 2.70 bits per heavy atom. The van der Waals surface area contributed by atoms with Gasteiger partial charge < -0.3 is 15.5 Å². The highest BCUT2D eigenvalue weighted by Crippen LogP contribution is 2.00. The smallest absolute Gasteiger partial charge is 0.239 e. The fourth-order valence-corrected chi connectivity index (χ4v) is 2.36.